The molecule has 0 fully saturated rings. The molecule has 0 unspecified atom stereocenters. The molecule has 0 spiro atoms. The van der Waals surface area contributed by atoms with Crippen LogP contribution in [0.4, 0.5) is 5.00 Å². The summed E-state index contributed by atoms with van der Waals surface area (Å²) in [6.45, 7) is 0.815. The molecule has 29 heavy (non-hydrogen) atoms. The summed E-state index contributed by atoms with van der Waals surface area (Å²) >= 11 is 13.6. The lowest BCUT2D eigenvalue weighted by Gasteiger charge is -2.12. The fourth-order valence-corrected chi connectivity index (χ4v) is 3.73. The van der Waals surface area contributed by atoms with Gasteiger partial charge in [0.2, 0.25) is 0 Å². The van der Waals surface area contributed by atoms with Crippen LogP contribution in [-0.2, 0) is 14.3 Å². The zero-order valence-corrected chi connectivity index (χ0v) is 17.3. The monoisotopic (exact) mass is 449 g/mol. The first kappa shape index (κ1) is 20.9. The highest BCUT2D eigenvalue weighted by molar-refractivity contribution is 7.14. The van der Waals surface area contributed by atoms with E-state index in [0.717, 1.165) is 5.69 Å². The Hall–Kier alpha value is -2.86. The van der Waals surface area contributed by atoms with Crippen LogP contribution in [0.5, 0.6) is 5.75 Å². The molecular weight excluding hydrogens is 437 g/mol. The molecule has 1 aromatic carbocycles. The van der Waals surface area contributed by atoms with E-state index in [2.05, 4.69) is 10.3 Å². The Morgan fingerprint density at radius 2 is 2.03 bits per heavy atom. The molecule has 0 aliphatic rings. The molecule has 0 saturated heterocycles. The lowest BCUT2D eigenvalue weighted by atomic mass is 10.2. The summed E-state index contributed by atoms with van der Waals surface area (Å²) in [5.41, 5.74) is 1.49. The zero-order chi connectivity index (χ0) is 21.0. The molecule has 0 bridgehead atoms. The maximum atomic E-state index is 12.0. The molecule has 0 radical (unpaired) electrons. The Morgan fingerprint density at radius 1 is 1.24 bits per heavy atom. The second-order valence-electron chi connectivity index (χ2n) is 5.79. The third kappa shape index (κ3) is 4.95. The number of anilines is 1. The number of aromatic nitrogens is 1. The number of rotatable bonds is 6. The van der Waals surface area contributed by atoms with Gasteiger partial charge in [-0.05, 0) is 36.6 Å². The Balaban J connectivity index is 1.60. The maximum Gasteiger partial charge on any atom is 0.344 e. The van der Waals surface area contributed by atoms with Crippen molar-refractivity contribution in [3.05, 3.63) is 50.9 Å². The number of pyridine rings is 1. The number of carbonyl (C=O) groups excluding carboxylic acids is 2. The van der Waals surface area contributed by atoms with Crippen LogP contribution in [0, 0.1) is 18.3 Å². The van der Waals surface area contributed by atoms with Crippen LogP contribution in [0.2, 0.25) is 10.0 Å². The van der Waals surface area contributed by atoms with Crippen LogP contribution in [0.25, 0.3) is 10.9 Å². The van der Waals surface area contributed by atoms with E-state index in [0.29, 0.717) is 26.5 Å². The van der Waals surface area contributed by atoms with Crippen molar-refractivity contribution in [3.63, 3.8) is 0 Å². The molecule has 2 heterocycles. The number of esters is 1. The smallest absolute Gasteiger partial charge is 0.344 e. The second kappa shape index (κ2) is 9.09. The van der Waals surface area contributed by atoms with Crippen LogP contribution >= 0.6 is 34.5 Å². The van der Waals surface area contributed by atoms with Gasteiger partial charge in [0.15, 0.2) is 19.0 Å². The van der Waals surface area contributed by atoms with E-state index in [1.54, 1.807) is 30.5 Å². The molecule has 0 saturated carbocycles. The van der Waals surface area contributed by atoms with Gasteiger partial charge in [-0.1, -0.05) is 23.2 Å². The zero-order valence-electron chi connectivity index (χ0n) is 15.0. The number of hydrogen-bond acceptors (Lipinski definition) is 7. The summed E-state index contributed by atoms with van der Waals surface area (Å²) in [5.74, 6) is -1.13. The number of fused-ring (bicyclic) bond motifs is 1. The van der Waals surface area contributed by atoms with Crippen LogP contribution in [0.1, 0.15) is 11.3 Å². The minimum Gasteiger partial charge on any atom is -0.478 e. The van der Waals surface area contributed by atoms with Crippen molar-refractivity contribution in [2.75, 3.05) is 18.5 Å². The summed E-state index contributed by atoms with van der Waals surface area (Å²) in [6, 6.07) is 8.62. The quantitative estimate of drug-likeness (QED) is 0.561. The predicted octanol–water partition coefficient (Wildman–Crippen LogP) is 4.34. The lowest BCUT2D eigenvalue weighted by molar-refractivity contribution is -0.149. The largest absolute Gasteiger partial charge is 0.478 e. The van der Waals surface area contributed by atoms with E-state index in [1.165, 1.54) is 17.4 Å². The number of amides is 1. The van der Waals surface area contributed by atoms with Gasteiger partial charge in [0.25, 0.3) is 5.91 Å². The summed E-state index contributed by atoms with van der Waals surface area (Å²) in [7, 11) is 0. The van der Waals surface area contributed by atoms with Gasteiger partial charge >= 0.3 is 5.97 Å². The van der Waals surface area contributed by atoms with Gasteiger partial charge in [-0.25, -0.2) is 9.78 Å². The van der Waals surface area contributed by atoms with Crippen molar-refractivity contribution < 1.29 is 19.1 Å². The lowest BCUT2D eigenvalue weighted by Crippen LogP contribution is -2.23. The van der Waals surface area contributed by atoms with Gasteiger partial charge in [0, 0.05) is 11.1 Å². The van der Waals surface area contributed by atoms with Crippen LogP contribution in [0.3, 0.4) is 0 Å². The molecule has 1 N–H and O–H groups in total. The van der Waals surface area contributed by atoms with Crippen molar-refractivity contribution in [2.24, 2.45) is 0 Å². The highest BCUT2D eigenvalue weighted by Crippen LogP contribution is 2.37. The molecule has 3 aromatic rings. The van der Waals surface area contributed by atoms with Crippen molar-refractivity contribution in [3.8, 4) is 11.8 Å². The first-order valence-electron chi connectivity index (χ1n) is 8.20. The van der Waals surface area contributed by atoms with E-state index in [4.69, 9.17) is 37.9 Å². The maximum absolute atomic E-state index is 12.0. The number of nitrogens with one attached hydrogen (secondary N) is 1. The Bertz CT molecular complexity index is 1140. The summed E-state index contributed by atoms with van der Waals surface area (Å²) in [4.78, 5) is 28.2. The average molecular weight is 450 g/mol. The summed E-state index contributed by atoms with van der Waals surface area (Å²) < 4.78 is 10.4. The topological polar surface area (TPSA) is 101 Å². The fourth-order valence-electron chi connectivity index (χ4n) is 2.40. The minimum absolute atomic E-state index is 0.202. The summed E-state index contributed by atoms with van der Waals surface area (Å²) in [6.07, 6.45) is 0. The van der Waals surface area contributed by atoms with Crippen molar-refractivity contribution in [1.82, 2.24) is 4.98 Å². The van der Waals surface area contributed by atoms with Gasteiger partial charge in [0.05, 0.1) is 15.6 Å². The van der Waals surface area contributed by atoms with Crippen LogP contribution in [0.15, 0.2) is 29.6 Å². The van der Waals surface area contributed by atoms with E-state index in [-0.39, 0.29) is 10.8 Å². The number of halogens is 2. The average Bonchev–Trinajstić information content (AvgIpc) is 3.13. The number of thiophene rings is 1. The van der Waals surface area contributed by atoms with Gasteiger partial charge in [-0.3, -0.25) is 4.79 Å². The van der Waals surface area contributed by atoms with Crippen molar-refractivity contribution in [2.45, 2.75) is 6.92 Å². The van der Waals surface area contributed by atoms with Crippen LogP contribution < -0.4 is 10.1 Å². The third-order valence-corrected chi connectivity index (χ3v) is 5.14. The SMILES string of the molecule is Cc1ccc2c(Cl)cc(Cl)c(OCC(=O)OCC(=O)Nc3sccc3C#N)c2n1. The first-order chi connectivity index (χ1) is 13.9. The number of carbonyl (C=O) groups is 2. The van der Waals surface area contributed by atoms with E-state index in [1.807, 2.05) is 6.07 Å². The molecule has 2 aromatic heterocycles. The normalized spacial score (nSPS) is 10.4. The summed E-state index contributed by atoms with van der Waals surface area (Å²) in [5, 5.41) is 14.7. The molecular formula is C19H13Cl2N3O4S. The van der Waals surface area contributed by atoms with Crippen LogP contribution in [-0.4, -0.2) is 30.1 Å². The molecule has 0 atom stereocenters. The number of nitrogens with zero attached hydrogens (tertiary/aromatic N) is 2. The predicted molar refractivity (Wildman–Crippen MR) is 111 cm³/mol. The second-order valence-corrected chi connectivity index (χ2v) is 7.52. The van der Waals surface area contributed by atoms with Gasteiger partial charge < -0.3 is 14.8 Å². The number of ether oxygens (including phenoxy) is 2. The molecule has 3 rings (SSSR count). The third-order valence-electron chi connectivity index (χ3n) is 3.71. The number of aryl methyl sites for hydroxylation is 1. The Labute approximate surface area is 179 Å². The minimum atomic E-state index is -0.765. The van der Waals surface area contributed by atoms with Crippen molar-refractivity contribution in [1.29, 1.82) is 5.26 Å². The Morgan fingerprint density at radius 3 is 2.79 bits per heavy atom. The highest BCUT2D eigenvalue weighted by atomic mass is 35.5. The Kier molecular flexibility index (Phi) is 6.54. The number of hydrogen-bond donors (Lipinski definition) is 1. The highest BCUT2D eigenvalue weighted by Gasteiger charge is 2.16. The van der Waals surface area contributed by atoms with E-state index >= 15 is 0 Å². The van der Waals surface area contributed by atoms with E-state index < -0.39 is 25.1 Å². The standard InChI is InChI=1S/C19H13Cl2N3O4S/c1-10-2-3-12-13(20)6-14(21)18(17(12)23-10)28-9-16(26)27-8-15(25)24-19-11(7-22)4-5-29-19/h2-6H,8-9H2,1H3,(H,24,25). The molecule has 7 nitrogen and oxygen atoms in total. The van der Waals surface area contributed by atoms with Crippen molar-refractivity contribution >= 4 is 62.3 Å². The van der Waals surface area contributed by atoms with Gasteiger partial charge in [-0.15, -0.1) is 11.3 Å². The number of benzene rings is 1. The number of nitriles is 1. The van der Waals surface area contributed by atoms with Gasteiger partial charge in [0.1, 0.15) is 16.6 Å². The molecule has 0 aliphatic heterocycles. The van der Waals surface area contributed by atoms with E-state index in [9.17, 15) is 9.59 Å². The first-order valence-corrected chi connectivity index (χ1v) is 9.84. The van der Waals surface area contributed by atoms with Gasteiger partial charge in [-0.2, -0.15) is 5.26 Å². The fraction of sp³-hybridized carbons (Fsp3) is 0.158. The molecule has 0 aliphatic carbocycles. The molecule has 10 heteroatoms. The molecule has 148 valence electrons. The molecule has 1 amide bonds.